The number of carbonyl (C=O) groups excluding carboxylic acids is 1. The van der Waals surface area contributed by atoms with Crippen LogP contribution in [0.25, 0.3) is 22.3 Å². The van der Waals surface area contributed by atoms with Gasteiger partial charge in [-0.3, -0.25) is 4.79 Å². The van der Waals surface area contributed by atoms with E-state index in [0.717, 1.165) is 0 Å². The maximum atomic E-state index is 13.3. The number of aromatic nitrogens is 3. The number of likely N-dealkylation sites (N-methyl/N-ethyl adjacent to an activating group) is 1. The molecule has 10 heteroatoms. The number of carbonyl (C=O) groups is 1. The Morgan fingerprint density at radius 2 is 1.77 bits per heavy atom. The Morgan fingerprint density at radius 1 is 1.11 bits per heavy atom. The third-order valence-corrected chi connectivity index (χ3v) is 7.30. The third-order valence-electron chi connectivity index (χ3n) is 5.34. The van der Waals surface area contributed by atoms with Crippen molar-refractivity contribution in [2.45, 2.75) is 25.2 Å². The summed E-state index contributed by atoms with van der Waals surface area (Å²) in [7, 11) is -2.14. The topological polar surface area (TPSA) is 105 Å². The van der Waals surface area contributed by atoms with Gasteiger partial charge in [0.1, 0.15) is 10.1 Å². The highest BCUT2D eigenvalue weighted by molar-refractivity contribution is 9.10. The van der Waals surface area contributed by atoms with E-state index in [1.165, 1.54) is 21.3 Å². The predicted molar refractivity (Wildman–Crippen MR) is 138 cm³/mol. The Kier molecular flexibility index (Phi) is 6.81. The molecule has 1 N–H and O–H groups in total. The number of rotatable bonds is 7. The molecule has 35 heavy (non-hydrogen) atoms. The zero-order valence-corrected chi connectivity index (χ0v) is 21.9. The van der Waals surface area contributed by atoms with Crippen molar-refractivity contribution in [2.75, 3.05) is 13.6 Å². The van der Waals surface area contributed by atoms with E-state index in [2.05, 4.69) is 25.9 Å². The van der Waals surface area contributed by atoms with Crippen LogP contribution in [0.2, 0.25) is 0 Å². The Labute approximate surface area is 212 Å². The van der Waals surface area contributed by atoms with Gasteiger partial charge in [0.15, 0.2) is 5.65 Å². The molecule has 2 aromatic carbocycles. The first-order chi connectivity index (χ1) is 16.4. The average Bonchev–Trinajstić information content (AvgIpc) is 3.17. The van der Waals surface area contributed by atoms with Crippen molar-refractivity contribution in [1.29, 1.82) is 0 Å². The fourth-order valence-corrected chi connectivity index (χ4v) is 5.58. The molecule has 2 aromatic heterocycles. The van der Waals surface area contributed by atoms with Gasteiger partial charge in [0.2, 0.25) is 10.0 Å². The van der Waals surface area contributed by atoms with Crippen LogP contribution in [0.4, 0.5) is 0 Å². The Hall–Kier alpha value is -3.08. The molecule has 2 heterocycles. The molecule has 0 saturated heterocycles. The largest absolute Gasteiger partial charge is 0.389 e. The number of amides is 1. The van der Waals surface area contributed by atoms with Gasteiger partial charge < -0.3 is 10.0 Å². The molecular formula is C25H25BrN4O4S. The van der Waals surface area contributed by atoms with Crippen molar-refractivity contribution >= 4 is 43.0 Å². The molecule has 4 aromatic rings. The lowest BCUT2D eigenvalue weighted by molar-refractivity contribution is 0.0368. The molecule has 0 radical (unpaired) electrons. The minimum Gasteiger partial charge on any atom is -0.389 e. The molecular weight excluding hydrogens is 532 g/mol. The van der Waals surface area contributed by atoms with E-state index >= 15 is 0 Å². The first-order valence-corrected chi connectivity index (χ1v) is 13.2. The molecule has 0 aliphatic carbocycles. The predicted octanol–water partition coefficient (Wildman–Crippen LogP) is 4.08. The molecule has 182 valence electrons. The molecule has 0 aliphatic rings. The lowest BCUT2D eigenvalue weighted by Crippen LogP contribution is -2.39. The summed E-state index contributed by atoms with van der Waals surface area (Å²) in [5, 5.41) is 10.00. The second-order valence-electron chi connectivity index (χ2n) is 9.00. The van der Waals surface area contributed by atoms with E-state index in [1.54, 1.807) is 69.4 Å². The van der Waals surface area contributed by atoms with Crippen LogP contribution in [0.15, 0.2) is 71.6 Å². The molecule has 0 atom stereocenters. The average molecular weight is 557 g/mol. The Bertz CT molecular complexity index is 1480. The third kappa shape index (κ3) is 5.61. The highest BCUT2D eigenvalue weighted by Gasteiger charge is 2.24. The zero-order chi connectivity index (χ0) is 25.4. The zero-order valence-electron chi connectivity index (χ0n) is 19.5. The number of nitrogens with zero attached hydrogens (tertiary/aromatic N) is 4. The van der Waals surface area contributed by atoms with Crippen molar-refractivity contribution in [3.05, 3.63) is 82.7 Å². The summed E-state index contributed by atoms with van der Waals surface area (Å²) in [6, 6.07) is 15.8. The first kappa shape index (κ1) is 25.0. The lowest BCUT2D eigenvalue weighted by atomic mass is 10.0. The van der Waals surface area contributed by atoms with E-state index in [-0.39, 0.29) is 23.9 Å². The number of hydrogen-bond donors (Lipinski definition) is 1. The van der Waals surface area contributed by atoms with Gasteiger partial charge in [-0.1, -0.05) is 42.5 Å². The maximum Gasteiger partial charge on any atom is 0.253 e. The van der Waals surface area contributed by atoms with E-state index in [9.17, 15) is 18.3 Å². The monoisotopic (exact) mass is 556 g/mol. The number of benzene rings is 2. The highest BCUT2D eigenvalue weighted by atomic mass is 79.9. The van der Waals surface area contributed by atoms with Gasteiger partial charge in [0.05, 0.1) is 17.6 Å². The number of aliphatic hydroxyl groups is 1. The first-order valence-electron chi connectivity index (χ1n) is 10.8. The second-order valence-corrected chi connectivity index (χ2v) is 11.7. The van der Waals surface area contributed by atoms with Crippen molar-refractivity contribution in [2.24, 2.45) is 0 Å². The van der Waals surface area contributed by atoms with E-state index < -0.39 is 15.6 Å². The van der Waals surface area contributed by atoms with Crippen molar-refractivity contribution < 1.29 is 18.3 Å². The van der Waals surface area contributed by atoms with Gasteiger partial charge in [0, 0.05) is 30.9 Å². The number of halogens is 1. The van der Waals surface area contributed by atoms with Gasteiger partial charge >= 0.3 is 0 Å². The maximum absolute atomic E-state index is 13.3. The van der Waals surface area contributed by atoms with E-state index in [4.69, 9.17) is 0 Å². The molecule has 1 amide bonds. The van der Waals surface area contributed by atoms with Crippen molar-refractivity contribution in [3.8, 4) is 11.1 Å². The molecule has 8 nitrogen and oxygen atoms in total. The van der Waals surface area contributed by atoms with Crippen LogP contribution in [0.5, 0.6) is 0 Å². The van der Waals surface area contributed by atoms with Crippen LogP contribution < -0.4 is 0 Å². The fraction of sp³-hybridized carbons (Fsp3) is 0.240. The van der Waals surface area contributed by atoms with Gasteiger partial charge in [-0.25, -0.2) is 22.4 Å². The van der Waals surface area contributed by atoms with Gasteiger partial charge in [-0.15, -0.1) is 0 Å². The minimum atomic E-state index is -3.78. The van der Waals surface area contributed by atoms with Crippen LogP contribution in [-0.2, 0) is 15.8 Å². The Balaban J connectivity index is 1.72. The number of hydrogen-bond acceptors (Lipinski definition) is 6. The van der Waals surface area contributed by atoms with Crippen molar-refractivity contribution in [3.63, 3.8) is 0 Å². The molecule has 0 aliphatic heterocycles. The fourth-order valence-electron chi connectivity index (χ4n) is 3.89. The Morgan fingerprint density at radius 3 is 2.40 bits per heavy atom. The molecule has 4 rings (SSSR count). The van der Waals surface area contributed by atoms with Crippen LogP contribution >= 0.6 is 15.9 Å². The van der Waals surface area contributed by atoms with E-state index in [0.29, 0.717) is 32.4 Å². The summed E-state index contributed by atoms with van der Waals surface area (Å²) in [6.07, 6.45) is 2.98. The van der Waals surface area contributed by atoms with Gasteiger partial charge in [0.25, 0.3) is 5.91 Å². The highest BCUT2D eigenvalue weighted by Crippen LogP contribution is 2.31. The second kappa shape index (κ2) is 9.52. The van der Waals surface area contributed by atoms with E-state index in [1.807, 2.05) is 6.07 Å². The van der Waals surface area contributed by atoms with Crippen LogP contribution in [-0.4, -0.2) is 57.5 Å². The summed E-state index contributed by atoms with van der Waals surface area (Å²) >= 11 is 3.32. The van der Waals surface area contributed by atoms with Crippen LogP contribution in [0, 0.1) is 0 Å². The molecule has 0 spiro atoms. The summed E-state index contributed by atoms with van der Waals surface area (Å²) in [4.78, 5) is 23.0. The summed E-state index contributed by atoms with van der Waals surface area (Å²) in [5.74, 6) is -0.412. The smallest absolute Gasteiger partial charge is 0.253 e. The van der Waals surface area contributed by atoms with Gasteiger partial charge in [-0.05, 0) is 53.0 Å². The number of fused-ring (bicyclic) bond motifs is 1. The summed E-state index contributed by atoms with van der Waals surface area (Å²) in [5.41, 5.74) is 2.03. The van der Waals surface area contributed by atoms with Crippen LogP contribution in [0.1, 0.15) is 29.8 Å². The summed E-state index contributed by atoms with van der Waals surface area (Å²) < 4.78 is 28.2. The summed E-state index contributed by atoms with van der Waals surface area (Å²) in [6.45, 7) is 3.46. The standard InChI is InChI=1S/C25H25BrN4O4S/c1-25(2,32)16-29(3)24(31)19-11-9-18(10-12-19)20-14-30(23-22(20)28-21(26)13-27-23)35(33,34)15-17-7-5-4-6-8-17/h4-14,32H,15-16H2,1-3H3. The lowest BCUT2D eigenvalue weighted by Gasteiger charge is -2.25. The quantitative estimate of drug-likeness (QED) is 0.367. The normalized spacial score (nSPS) is 12.1. The van der Waals surface area contributed by atoms with Gasteiger partial charge in [-0.2, -0.15) is 0 Å². The van der Waals surface area contributed by atoms with Crippen LogP contribution in [0.3, 0.4) is 0 Å². The molecule has 0 saturated carbocycles. The molecule has 0 unspecified atom stereocenters. The SMILES string of the molecule is CN(CC(C)(C)O)C(=O)c1ccc(-c2cn(S(=O)(=O)Cc3ccccc3)c3ncc(Br)nc23)cc1. The molecule has 0 fully saturated rings. The van der Waals surface area contributed by atoms with Crippen molar-refractivity contribution in [1.82, 2.24) is 18.8 Å². The minimum absolute atomic E-state index is 0.184. The molecule has 0 bridgehead atoms.